The zero-order valence-corrected chi connectivity index (χ0v) is 14.8. The van der Waals surface area contributed by atoms with Crippen molar-refractivity contribution in [2.45, 2.75) is 26.5 Å². The fourth-order valence-corrected chi connectivity index (χ4v) is 2.59. The van der Waals surface area contributed by atoms with Gasteiger partial charge in [-0.15, -0.1) is 0 Å². The van der Waals surface area contributed by atoms with Crippen LogP contribution in [0.4, 0.5) is 8.78 Å². The number of carbonyl (C=O) groups is 1. The Balaban J connectivity index is 1.61. The molecule has 3 aromatic rings. The minimum atomic E-state index is -0.799. The van der Waals surface area contributed by atoms with Gasteiger partial charge in [0, 0.05) is 12.3 Å². The van der Waals surface area contributed by atoms with Crippen LogP contribution in [0.3, 0.4) is 0 Å². The molecule has 0 aliphatic heterocycles. The van der Waals surface area contributed by atoms with Gasteiger partial charge < -0.3 is 10.1 Å². The molecule has 6 nitrogen and oxygen atoms in total. The first-order valence-electron chi connectivity index (χ1n) is 8.28. The highest BCUT2D eigenvalue weighted by atomic mass is 19.1. The molecule has 8 heteroatoms. The van der Waals surface area contributed by atoms with Gasteiger partial charge in [-0.25, -0.2) is 8.78 Å². The molecule has 2 aromatic heterocycles. The van der Waals surface area contributed by atoms with Crippen LogP contribution in [-0.2, 0) is 6.61 Å². The van der Waals surface area contributed by atoms with Crippen molar-refractivity contribution in [2.24, 2.45) is 0 Å². The first-order valence-corrected chi connectivity index (χ1v) is 8.28. The lowest BCUT2D eigenvalue weighted by molar-refractivity contribution is 0.0934. The van der Waals surface area contributed by atoms with Gasteiger partial charge in [0.1, 0.15) is 18.1 Å². The summed E-state index contributed by atoms with van der Waals surface area (Å²) in [4.78, 5) is 16.6. The van der Waals surface area contributed by atoms with Gasteiger partial charge in [0.05, 0.1) is 17.4 Å². The Labute approximate surface area is 154 Å². The third kappa shape index (κ3) is 4.46. The lowest BCUT2D eigenvalue weighted by atomic mass is 10.1. The number of aromatic amines is 1. The van der Waals surface area contributed by atoms with E-state index in [1.165, 1.54) is 12.1 Å². The monoisotopic (exact) mass is 372 g/mol. The molecule has 1 atom stereocenters. The Kier molecular flexibility index (Phi) is 5.44. The number of aromatic nitrogens is 3. The maximum Gasteiger partial charge on any atom is 0.272 e. The lowest BCUT2D eigenvalue weighted by Crippen LogP contribution is -2.28. The highest BCUT2D eigenvalue weighted by Crippen LogP contribution is 2.19. The summed E-state index contributed by atoms with van der Waals surface area (Å²) in [6.45, 7) is 3.71. The summed E-state index contributed by atoms with van der Waals surface area (Å²) >= 11 is 0. The standard InChI is InChI=1S/C19H18F2N4O2/c1-11-4-3-7-22-18(11)12(2)23-19(26)16-9-14(24-25-16)10-27-17-6-5-13(20)8-15(17)21/h3-9,12H,10H2,1-2H3,(H,23,26)(H,24,25)/t12-/m1/s1. The molecule has 0 saturated heterocycles. The number of ether oxygens (including phenoxy) is 1. The number of rotatable bonds is 6. The van der Waals surface area contributed by atoms with Gasteiger partial charge >= 0.3 is 0 Å². The van der Waals surface area contributed by atoms with E-state index in [0.29, 0.717) is 5.69 Å². The fraction of sp³-hybridized carbons (Fsp3) is 0.211. The molecule has 1 aromatic carbocycles. The van der Waals surface area contributed by atoms with Gasteiger partial charge in [0.25, 0.3) is 5.91 Å². The summed E-state index contributed by atoms with van der Waals surface area (Å²) in [5.74, 6) is -1.94. The van der Waals surface area contributed by atoms with Gasteiger partial charge in [-0.3, -0.25) is 14.9 Å². The maximum atomic E-state index is 13.6. The third-order valence-corrected chi connectivity index (χ3v) is 3.95. The molecule has 0 radical (unpaired) electrons. The summed E-state index contributed by atoms with van der Waals surface area (Å²) in [7, 11) is 0. The second-order valence-electron chi connectivity index (χ2n) is 6.04. The van der Waals surface area contributed by atoms with Crippen LogP contribution in [-0.4, -0.2) is 21.1 Å². The van der Waals surface area contributed by atoms with Crippen LogP contribution in [0.15, 0.2) is 42.6 Å². The molecule has 140 valence electrons. The number of carbonyl (C=O) groups excluding carboxylic acids is 1. The van der Waals surface area contributed by atoms with Crippen molar-refractivity contribution < 1.29 is 18.3 Å². The predicted octanol–water partition coefficient (Wildman–Crippen LogP) is 3.46. The number of amides is 1. The van der Waals surface area contributed by atoms with Crippen molar-refractivity contribution in [3.63, 3.8) is 0 Å². The smallest absolute Gasteiger partial charge is 0.272 e. The number of nitrogens with one attached hydrogen (secondary N) is 2. The van der Waals surface area contributed by atoms with E-state index in [4.69, 9.17) is 4.74 Å². The molecule has 0 aliphatic carbocycles. The van der Waals surface area contributed by atoms with Crippen LogP contribution in [0.2, 0.25) is 0 Å². The van der Waals surface area contributed by atoms with Crippen molar-refractivity contribution >= 4 is 5.91 Å². The summed E-state index contributed by atoms with van der Waals surface area (Å²) < 4.78 is 31.7. The highest BCUT2D eigenvalue weighted by Gasteiger charge is 2.17. The number of pyridine rings is 1. The van der Waals surface area contributed by atoms with E-state index in [-0.39, 0.29) is 30.0 Å². The Hall–Kier alpha value is -3.29. The second kappa shape index (κ2) is 7.94. The van der Waals surface area contributed by atoms with Crippen LogP contribution in [0.5, 0.6) is 5.75 Å². The molecule has 0 saturated carbocycles. The molecule has 2 N–H and O–H groups in total. The number of hydrogen-bond acceptors (Lipinski definition) is 4. The number of halogens is 2. The normalized spacial score (nSPS) is 11.9. The van der Waals surface area contributed by atoms with Crippen LogP contribution in [0.25, 0.3) is 0 Å². The molecule has 27 heavy (non-hydrogen) atoms. The van der Waals surface area contributed by atoms with Crippen molar-refractivity contribution in [3.05, 3.63) is 76.9 Å². The Morgan fingerprint density at radius 2 is 2.11 bits per heavy atom. The van der Waals surface area contributed by atoms with E-state index >= 15 is 0 Å². The summed E-state index contributed by atoms with van der Waals surface area (Å²) in [6.07, 6.45) is 1.67. The summed E-state index contributed by atoms with van der Waals surface area (Å²) in [5.41, 5.74) is 2.40. The first-order chi connectivity index (χ1) is 12.9. The number of hydrogen-bond donors (Lipinski definition) is 2. The maximum absolute atomic E-state index is 13.6. The Morgan fingerprint density at radius 1 is 1.30 bits per heavy atom. The fourth-order valence-electron chi connectivity index (χ4n) is 2.59. The molecule has 0 bridgehead atoms. The van der Waals surface area contributed by atoms with Gasteiger partial charge in [-0.05, 0) is 43.7 Å². The average Bonchev–Trinajstić information content (AvgIpc) is 3.10. The van der Waals surface area contributed by atoms with Gasteiger partial charge in [0.15, 0.2) is 11.6 Å². The van der Waals surface area contributed by atoms with Crippen LogP contribution >= 0.6 is 0 Å². The van der Waals surface area contributed by atoms with E-state index < -0.39 is 11.6 Å². The lowest BCUT2D eigenvalue weighted by Gasteiger charge is -2.14. The minimum Gasteiger partial charge on any atom is -0.484 e. The SMILES string of the molecule is Cc1cccnc1[C@@H](C)NC(=O)c1cc(COc2ccc(F)cc2F)[nH]n1. The zero-order chi connectivity index (χ0) is 19.4. The van der Waals surface area contributed by atoms with Crippen molar-refractivity contribution in [1.29, 1.82) is 0 Å². The molecule has 1 amide bonds. The summed E-state index contributed by atoms with van der Waals surface area (Å²) in [6, 6.07) is 8.01. The van der Waals surface area contributed by atoms with E-state index in [1.54, 1.807) is 6.20 Å². The topological polar surface area (TPSA) is 79.9 Å². The van der Waals surface area contributed by atoms with Crippen LogP contribution in [0.1, 0.15) is 40.4 Å². The number of benzene rings is 1. The zero-order valence-electron chi connectivity index (χ0n) is 14.8. The molecular formula is C19H18F2N4O2. The van der Waals surface area contributed by atoms with Crippen molar-refractivity contribution in [3.8, 4) is 5.75 Å². The van der Waals surface area contributed by atoms with E-state index in [9.17, 15) is 13.6 Å². The largest absolute Gasteiger partial charge is 0.484 e. The highest BCUT2D eigenvalue weighted by molar-refractivity contribution is 5.92. The average molecular weight is 372 g/mol. The third-order valence-electron chi connectivity index (χ3n) is 3.95. The molecule has 2 heterocycles. The van der Waals surface area contributed by atoms with Gasteiger partial charge in [0.2, 0.25) is 0 Å². The van der Waals surface area contributed by atoms with Crippen molar-refractivity contribution in [1.82, 2.24) is 20.5 Å². The van der Waals surface area contributed by atoms with Gasteiger partial charge in [-0.1, -0.05) is 6.07 Å². The summed E-state index contributed by atoms with van der Waals surface area (Å²) in [5, 5.41) is 9.44. The molecule has 0 fully saturated rings. The molecule has 3 rings (SSSR count). The van der Waals surface area contributed by atoms with E-state index in [0.717, 1.165) is 23.4 Å². The number of nitrogens with zero attached hydrogens (tertiary/aromatic N) is 2. The second-order valence-corrected chi connectivity index (χ2v) is 6.04. The van der Waals surface area contributed by atoms with E-state index in [1.807, 2.05) is 26.0 Å². The number of aryl methyl sites for hydroxylation is 1. The Morgan fingerprint density at radius 3 is 2.85 bits per heavy atom. The molecule has 0 aliphatic rings. The van der Waals surface area contributed by atoms with Crippen LogP contribution < -0.4 is 10.1 Å². The molecule has 0 spiro atoms. The van der Waals surface area contributed by atoms with E-state index in [2.05, 4.69) is 20.5 Å². The Bertz CT molecular complexity index is 958. The van der Waals surface area contributed by atoms with Crippen LogP contribution in [0, 0.1) is 18.6 Å². The predicted molar refractivity (Wildman–Crippen MR) is 94.1 cm³/mol. The minimum absolute atomic E-state index is 0.0439. The molecule has 0 unspecified atom stereocenters. The quantitative estimate of drug-likeness (QED) is 0.694. The number of H-pyrrole nitrogens is 1. The van der Waals surface area contributed by atoms with Gasteiger partial charge in [-0.2, -0.15) is 5.10 Å². The van der Waals surface area contributed by atoms with Crippen molar-refractivity contribution in [2.75, 3.05) is 0 Å². The first kappa shape index (κ1) is 18.5. The molecular weight excluding hydrogens is 354 g/mol.